The summed E-state index contributed by atoms with van der Waals surface area (Å²) in [5, 5.41) is 9.92. The monoisotopic (exact) mass is 334 g/mol. The normalized spacial score (nSPS) is 13.5. The van der Waals surface area contributed by atoms with Crippen molar-refractivity contribution in [3.05, 3.63) is 65.7 Å². The van der Waals surface area contributed by atoms with Crippen molar-refractivity contribution >= 4 is 11.6 Å². The largest absolute Gasteiger partial charge is 0.455 e. The molecule has 1 saturated carbocycles. The summed E-state index contributed by atoms with van der Waals surface area (Å²) in [5.41, 5.74) is 3.08. The Bertz CT molecular complexity index is 901. The molecular weight excluding hydrogens is 316 g/mol. The molecule has 2 heterocycles. The van der Waals surface area contributed by atoms with E-state index in [1.807, 2.05) is 43.3 Å². The molecule has 6 nitrogen and oxygen atoms in total. The lowest BCUT2D eigenvalue weighted by molar-refractivity contribution is 0.102. The van der Waals surface area contributed by atoms with Crippen LogP contribution >= 0.6 is 0 Å². The van der Waals surface area contributed by atoms with Crippen molar-refractivity contribution in [2.75, 3.05) is 5.32 Å². The molecule has 1 aromatic carbocycles. The number of H-pyrrole nitrogens is 1. The van der Waals surface area contributed by atoms with E-state index in [1.54, 1.807) is 12.4 Å². The van der Waals surface area contributed by atoms with E-state index < -0.39 is 0 Å². The number of pyridine rings is 1. The van der Waals surface area contributed by atoms with Crippen LogP contribution in [0.5, 0.6) is 11.5 Å². The van der Waals surface area contributed by atoms with Gasteiger partial charge in [-0.1, -0.05) is 0 Å². The lowest BCUT2D eigenvalue weighted by Gasteiger charge is -2.10. The summed E-state index contributed by atoms with van der Waals surface area (Å²) in [5.74, 6) is 1.72. The highest BCUT2D eigenvalue weighted by molar-refractivity contribution is 6.03. The van der Waals surface area contributed by atoms with Gasteiger partial charge < -0.3 is 10.1 Å². The van der Waals surface area contributed by atoms with Crippen LogP contribution in [0.3, 0.4) is 0 Å². The Morgan fingerprint density at radius 3 is 2.88 bits per heavy atom. The summed E-state index contributed by atoms with van der Waals surface area (Å²) in [6.45, 7) is 1.93. The number of hydrogen-bond donors (Lipinski definition) is 2. The fourth-order valence-corrected chi connectivity index (χ4v) is 2.63. The molecule has 0 spiro atoms. The van der Waals surface area contributed by atoms with Gasteiger partial charge in [0.25, 0.3) is 5.91 Å². The molecule has 0 saturated heterocycles. The van der Waals surface area contributed by atoms with Crippen LogP contribution in [0.1, 0.15) is 40.5 Å². The third-order valence-corrected chi connectivity index (χ3v) is 4.14. The molecule has 0 atom stereocenters. The number of hydrogen-bond acceptors (Lipinski definition) is 4. The van der Waals surface area contributed by atoms with E-state index in [2.05, 4.69) is 20.5 Å². The first-order valence-electron chi connectivity index (χ1n) is 8.24. The van der Waals surface area contributed by atoms with E-state index in [-0.39, 0.29) is 5.91 Å². The van der Waals surface area contributed by atoms with Crippen LogP contribution in [0.25, 0.3) is 0 Å². The molecular formula is C19H18N4O2. The molecule has 0 aliphatic heterocycles. The number of carbonyl (C=O) groups is 1. The Balaban J connectivity index is 1.45. The number of aromatic amines is 1. The Labute approximate surface area is 145 Å². The first-order valence-corrected chi connectivity index (χ1v) is 8.24. The summed E-state index contributed by atoms with van der Waals surface area (Å²) in [6.07, 6.45) is 5.69. The summed E-state index contributed by atoms with van der Waals surface area (Å²) in [4.78, 5) is 16.4. The Morgan fingerprint density at radius 1 is 1.28 bits per heavy atom. The van der Waals surface area contributed by atoms with Crippen LogP contribution in [-0.4, -0.2) is 21.1 Å². The lowest BCUT2D eigenvalue weighted by atomic mass is 10.2. The summed E-state index contributed by atoms with van der Waals surface area (Å²) in [7, 11) is 0. The number of ether oxygens (including phenoxy) is 1. The first kappa shape index (κ1) is 15.4. The molecule has 1 aliphatic carbocycles. The topological polar surface area (TPSA) is 79.9 Å². The van der Waals surface area contributed by atoms with E-state index in [9.17, 15) is 4.79 Å². The third kappa shape index (κ3) is 3.52. The Kier molecular flexibility index (Phi) is 3.93. The molecule has 4 rings (SSSR count). The number of aromatic nitrogens is 3. The van der Waals surface area contributed by atoms with Gasteiger partial charge in [-0.15, -0.1) is 0 Å². The SMILES string of the molecule is Cc1cc(NC(=O)c2cc(C3CC3)[nH]n2)ccc1Oc1cccnc1. The molecule has 126 valence electrons. The Morgan fingerprint density at radius 2 is 2.16 bits per heavy atom. The van der Waals surface area contributed by atoms with E-state index in [0.29, 0.717) is 23.0 Å². The fraction of sp³-hybridized carbons (Fsp3) is 0.211. The molecule has 0 radical (unpaired) electrons. The standard InChI is InChI=1S/C19H18N4O2/c1-12-9-14(6-7-18(12)25-15-3-2-8-20-11-15)21-19(24)17-10-16(22-23-17)13-4-5-13/h2-3,6-11,13H,4-5H2,1H3,(H,21,24)(H,22,23). The van der Waals surface area contributed by atoms with Crippen LogP contribution in [-0.2, 0) is 0 Å². The van der Waals surface area contributed by atoms with Gasteiger partial charge in [-0.25, -0.2) is 0 Å². The number of amides is 1. The van der Waals surface area contributed by atoms with Crippen molar-refractivity contribution < 1.29 is 9.53 Å². The van der Waals surface area contributed by atoms with Gasteiger partial charge in [-0.2, -0.15) is 5.10 Å². The quantitative estimate of drug-likeness (QED) is 0.738. The maximum absolute atomic E-state index is 12.3. The first-order chi connectivity index (χ1) is 12.2. The van der Waals surface area contributed by atoms with Crippen molar-refractivity contribution in [1.82, 2.24) is 15.2 Å². The van der Waals surface area contributed by atoms with Crippen molar-refractivity contribution in [2.24, 2.45) is 0 Å². The third-order valence-electron chi connectivity index (χ3n) is 4.14. The highest BCUT2D eigenvalue weighted by Crippen LogP contribution is 2.39. The number of carbonyl (C=O) groups excluding carboxylic acids is 1. The van der Waals surface area contributed by atoms with Crippen LogP contribution in [0.2, 0.25) is 0 Å². The minimum atomic E-state index is -0.219. The van der Waals surface area contributed by atoms with Gasteiger partial charge >= 0.3 is 0 Å². The second-order valence-corrected chi connectivity index (χ2v) is 6.21. The number of anilines is 1. The highest BCUT2D eigenvalue weighted by Gasteiger charge is 2.26. The van der Waals surface area contributed by atoms with Crippen molar-refractivity contribution in [2.45, 2.75) is 25.7 Å². The van der Waals surface area contributed by atoms with Gasteiger partial charge in [-0.05, 0) is 61.7 Å². The molecule has 1 aliphatic rings. The average molecular weight is 334 g/mol. The summed E-state index contributed by atoms with van der Waals surface area (Å²) in [6, 6.07) is 11.0. The predicted molar refractivity (Wildman–Crippen MR) is 94.0 cm³/mol. The molecule has 2 aromatic heterocycles. The molecule has 1 amide bonds. The van der Waals surface area contributed by atoms with Gasteiger partial charge in [0, 0.05) is 23.5 Å². The zero-order chi connectivity index (χ0) is 17.2. The molecule has 0 bridgehead atoms. The van der Waals surface area contributed by atoms with E-state index in [4.69, 9.17) is 4.74 Å². The van der Waals surface area contributed by atoms with Crippen LogP contribution < -0.4 is 10.1 Å². The van der Waals surface area contributed by atoms with E-state index in [0.717, 1.165) is 17.0 Å². The van der Waals surface area contributed by atoms with Crippen LogP contribution in [0.15, 0.2) is 48.8 Å². The number of nitrogens with zero attached hydrogens (tertiary/aromatic N) is 2. The smallest absolute Gasteiger partial charge is 0.276 e. The molecule has 3 aromatic rings. The highest BCUT2D eigenvalue weighted by atomic mass is 16.5. The number of nitrogens with one attached hydrogen (secondary N) is 2. The van der Waals surface area contributed by atoms with Gasteiger partial charge in [-0.3, -0.25) is 14.9 Å². The average Bonchev–Trinajstić information content (AvgIpc) is 3.35. The van der Waals surface area contributed by atoms with Gasteiger partial charge in [0.1, 0.15) is 11.5 Å². The molecule has 2 N–H and O–H groups in total. The maximum atomic E-state index is 12.3. The van der Waals surface area contributed by atoms with Crippen LogP contribution in [0, 0.1) is 6.92 Å². The molecule has 0 unspecified atom stereocenters. The van der Waals surface area contributed by atoms with E-state index in [1.165, 1.54) is 12.8 Å². The summed E-state index contributed by atoms with van der Waals surface area (Å²) >= 11 is 0. The van der Waals surface area contributed by atoms with Crippen molar-refractivity contribution in [3.63, 3.8) is 0 Å². The Hall–Kier alpha value is -3.15. The minimum absolute atomic E-state index is 0.219. The number of benzene rings is 1. The second-order valence-electron chi connectivity index (χ2n) is 6.21. The van der Waals surface area contributed by atoms with Crippen molar-refractivity contribution in [3.8, 4) is 11.5 Å². The van der Waals surface area contributed by atoms with Gasteiger partial charge in [0.05, 0.1) is 6.20 Å². The lowest BCUT2D eigenvalue weighted by Crippen LogP contribution is -2.12. The number of aryl methyl sites for hydroxylation is 1. The fourth-order valence-electron chi connectivity index (χ4n) is 2.63. The van der Waals surface area contributed by atoms with Gasteiger partial charge in [0.15, 0.2) is 5.69 Å². The maximum Gasteiger partial charge on any atom is 0.276 e. The predicted octanol–water partition coefficient (Wildman–Crippen LogP) is 4.04. The minimum Gasteiger partial charge on any atom is -0.455 e. The zero-order valence-corrected chi connectivity index (χ0v) is 13.8. The van der Waals surface area contributed by atoms with Crippen molar-refractivity contribution in [1.29, 1.82) is 0 Å². The van der Waals surface area contributed by atoms with Gasteiger partial charge in [0.2, 0.25) is 0 Å². The molecule has 6 heteroatoms. The number of rotatable bonds is 5. The molecule has 1 fully saturated rings. The zero-order valence-electron chi connectivity index (χ0n) is 13.8. The van der Waals surface area contributed by atoms with Crippen LogP contribution in [0.4, 0.5) is 5.69 Å². The summed E-state index contributed by atoms with van der Waals surface area (Å²) < 4.78 is 5.80. The van der Waals surface area contributed by atoms with E-state index >= 15 is 0 Å². The second kappa shape index (κ2) is 6.39. The molecule has 25 heavy (non-hydrogen) atoms.